The van der Waals surface area contributed by atoms with Crippen molar-refractivity contribution < 1.29 is 19.3 Å². The molecule has 0 atom stereocenters. The van der Waals surface area contributed by atoms with E-state index < -0.39 is 0 Å². The molecule has 0 aliphatic carbocycles. The number of hydrogen-bond donors (Lipinski definition) is 0. The maximum absolute atomic E-state index is 10.8. The van der Waals surface area contributed by atoms with Crippen molar-refractivity contribution in [2.24, 2.45) is 0 Å². The number of alkyl halides is 1. The van der Waals surface area contributed by atoms with Gasteiger partial charge in [0.05, 0.1) is 29.8 Å². The summed E-state index contributed by atoms with van der Waals surface area (Å²) in [6, 6.07) is 8.88. The molecule has 0 unspecified atom stereocenters. The van der Waals surface area contributed by atoms with E-state index in [4.69, 9.17) is 0 Å². The minimum absolute atomic E-state index is 0.291. The number of halogens is 1. The number of methoxy groups -OCH3 is 1. The second-order valence-corrected chi connectivity index (χ2v) is 4.79. The summed E-state index contributed by atoms with van der Waals surface area (Å²) in [5.41, 5.74) is 0.588. The minimum atomic E-state index is -0.291. The van der Waals surface area contributed by atoms with E-state index in [1.54, 1.807) is 24.3 Å². The fourth-order valence-corrected chi connectivity index (χ4v) is 1.28. The molecule has 0 N–H and O–H groups in total. The van der Waals surface area contributed by atoms with Crippen LogP contribution in [0.5, 0.6) is 0 Å². The molecule has 1 aromatic carbocycles. The fraction of sp³-hybridized carbons (Fsp3) is 0.364. The zero-order chi connectivity index (χ0) is 11.8. The van der Waals surface area contributed by atoms with Crippen LogP contribution in [0, 0.1) is 0 Å². The van der Waals surface area contributed by atoms with Crippen molar-refractivity contribution in [3.63, 3.8) is 0 Å². The van der Waals surface area contributed by atoms with Gasteiger partial charge < -0.3 is 4.74 Å². The third kappa shape index (κ3) is 4.91. The van der Waals surface area contributed by atoms with Crippen LogP contribution in [-0.2, 0) is 14.5 Å². The quantitative estimate of drug-likeness (QED) is 0.341. The number of hydrogen-bond acceptors (Lipinski definition) is 4. The molecule has 88 valence electrons. The molecule has 0 aromatic heterocycles. The zero-order valence-electron chi connectivity index (χ0n) is 8.89. The Bertz CT molecular complexity index is 309. The Kier molecular flexibility index (Phi) is 6.36. The second-order valence-electron chi connectivity index (χ2n) is 3.02. The van der Waals surface area contributed by atoms with Gasteiger partial charge in [-0.25, -0.2) is 14.6 Å². The van der Waals surface area contributed by atoms with Crippen LogP contribution in [0.1, 0.15) is 10.4 Å². The average molecular weight is 336 g/mol. The van der Waals surface area contributed by atoms with Crippen molar-refractivity contribution in [3.8, 4) is 0 Å². The summed E-state index contributed by atoms with van der Waals surface area (Å²) in [5, 5.41) is 0. The first-order chi connectivity index (χ1) is 7.74. The molecule has 2 rings (SSSR count). The van der Waals surface area contributed by atoms with E-state index in [1.807, 2.05) is 6.07 Å². The summed E-state index contributed by atoms with van der Waals surface area (Å²) in [7, 11) is 1.37. The molecule has 1 aromatic rings. The van der Waals surface area contributed by atoms with Gasteiger partial charge in [-0.2, -0.15) is 0 Å². The van der Waals surface area contributed by atoms with E-state index in [-0.39, 0.29) is 5.97 Å². The van der Waals surface area contributed by atoms with Gasteiger partial charge in [-0.15, -0.1) is 0 Å². The standard InChI is InChI=1S/C8H8O2.C3H5IO2/c1-10-8(9)7-5-3-2-4-6-7;4-3-1-5-6-2-3/h2-6H,1H3;3H,1-2H2. The highest BCUT2D eigenvalue weighted by Crippen LogP contribution is 2.07. The van der Waals surface area contributed by atoms with Crippen LogP contribution in [0.3, 0.4) is 0 Å². The lowest BCUT2D eigenvalue weighted by Crippen LogP contribution is -1.99. The molecule has 1 aliphatic rings. The zero-order valence-corrected chi connectivity index (χ0v) is 11.0. The molecule has 5 heteroatoms. The predicted octanol–water partition coefficient (Wildman–Crippen LogP) is 2.22. The Morgan fingerprint density at radius 2 is 1.88 bits per heavy atom. The van der Waals surface area contributed by atoms with Crippen molar-refractivity contribution in [2.45, 2.75) is 3.92 Å². The molecule has 1 fully saturated rings. The number of esters is 1. The summed E-state index contributed by atoms with van der Waals surface area (Å²) >= 11 is 2.28. The van der Waals surface area contributed by atoms with Gasteiger partial charge in [-0.1, -0.05) is 40.8 Å². The van der Waals surface area contributed by atoms with Gasteiger partial charge in [0, 0.05) is 0 Å². The van der Waals surface area contributed by atoms with Crippen molar-refractivity contribution in [3.05, 3.63) is 35.9 Å². The van der Waals surface area contributed by atoms with Gasteiger partial charge in [0.1, 0.15) is 0 Å². The highest BCUT2D eigenvalue weighted by atomic mass is 127. The van der Waals surface area contributed by atoms with Crippen molar-refractivity contribution in [2.75, 3.05) is 20.3 Å². The van der Waals surface area contributed by atoms with Gasteiger partial charge in [0.2, 0.25) is 0 Å². The van der Waals surface area contributed by atoms with Gasteiger partial charge in [-0.3, -0.25) is 0 Å². The lowest BCUT2D eigenvalue weighted by Gasteiger charge is -1.95. The number of carbonyl (C=O) groups excluding carboxylic acids is 1. The Balaban J connectivity index is 0.000000181. The lowest BCUT2D eigenvalue weighted by molar-refractivity contribution is -0.248. The van der Waals surface area contributed by atoms with E-state index in [0.717, 1.165) is 13.2 Å². The highest BCUT2D eigenvalue weighted by Gasteiger charge is 2.11. The van der Waals surface area contributed by atoms with Crippen molar-refractivity contribution in [1.29, 1.82) is 0 Å². The molecule has 1 aliphatic heterocycles. The first kappa shape index (κ1) is 13.4. The summed E-state index contributed by atoms with van der Waals surface area (Å²) in [6.45, 7) is 1.50. The summed E-state index contributed by atoms with van der Waals surface area (Å²) in [5.74, 6) is -0.291. The fourth-order valence-electron chi connectivity index (χ4n) is 0.984. The first-order valence-corrected chi connectivity index (χ1v) is 6.00. The summed E-state index contributed by atoms with van der Waals surface area (Å²) in [4.78, 5) is 19.9. The SMILES string of the molecule is COC(=O)c1ccccc1.IC1COOC1. The summed E-state index contributed by atoms with van der Waals surface area (Å²) < 4.78 is 5.07. The molecule has 4 nitrogen and oxygen atoms in total. The molecular formula is C11H13IO4. The van der Waals surface area contributed by atoms with E-state index >= 15 is 0 Å². The number of carbonyl (C=O) groups is 1. The Labute approximate surface area is 108 Å². The molecule has 0 saturated carbocycles. The smallest absolute Gasteiger partial charge is 0.337 e. The maximum atomic E-state index is 10.8. The van der Waals surface area contributed by atoms with E-state index in [0.29, 0.717) is 9.49 Å². The Hall–Kier alpha value is -0.660. The lowest BCUT2D eigenvalue weighted by atomic mass is 10.2. The van der Waals surface area contributed by atoms with E-state index in [9.17, 15) is 4.79 Å². The van der Waals surface area contributed by atoms with Gasteiger partial charge in [-0.05, 0) is 12.1 Å². The Morgan fingerprint density at radius 3 is 2.25 bits per heavy atom. The van der Waals surface area contributed by atoms with E-state index in [1.165, 1.54) is 7.11 Å². The molecule has 1 heterocycles. The van der Waals surface area contributed by atoms with Crippen LogP contribution >= 0.6 is 22.6 Å². The third-order valence-corrected chi connectivity index (χ3v) is 2.50. The number of benzene rings is 1. The molecule has 0 amide bonds. The Morgan fingerprint density at radius 1 is 1.31 bits per heavy atom. The van der Waals surface area contributed by atoms with Crippen molar-refractivity contribution in [1.82, 2.24) is 0 Å². The molecule has 16 heavy (non-hydrogen) atoms. The molecule has 0 radical (unpaired) electrons. The topological polar surface area (TPSA) is 44.8 Å². The van der Waals surface area contributed by atoms with Crippen LogP contribution in [0.2, 0.25) is 0 Å². The minimum Gasteiger partial charge on any atom is -0.465 e. The van der Waals surface area contributed by atoms with Crippen molar-refractivity contribution >= 4 is 28.6 Å². The highest BCUT2D eigenvalue weighted by molar-refractivity contribution is 14.1. The number of rotatable bonds is 1. The molecule has 0 spiro atoms. The third-order valence-electron chi connectivity index (χ3n) is 1.78. The van der Waals surface area contributed by atoms with Gasteiger partial charge in [0.15, 0.2) is 0 Å². The van der Waals surface area contributed by atoms with Crippen LogP contribution < -0.4 is 0 Å². The van der Waals surface area contributed by atoms with Gasteiger partial charge in [0.25, 0.3) is 0 Å². The normalized spacial score (nSPS) is 15.1. The molecule has 1 saturated heterocycles. The van der Waals surface area contributed by atoms with E-state index in [2.05, 4.69) is 37.1 Å². The molecular weight excluding hydrogens is 323 g/mol. The maximum Gasteiger partial charge on any atom is 0.337 e. The monoisotopic (exact) mass is 336 g/mol. The average Bonchev–Trinajstić information content (AvgIpc) is 2.81. The second kappa shape index (κ2) is 7.59. The van der Waals surface area contributed by atoms with Crippen LogP contribution in [0.15, 0.2) is 30.3 Å². The van der Waals surface area contributed by atoms with Crippen LogP contribution in [0.25, 0.3) is 0 Å². The first-order valence-electron chi connectivity index (χ1n) is 4.76. The van der Waals surface area contributed by atoms with Crippen LogP contribution in [0.4, 0.5) is 0 Å². The molecule has 0 bridgehead atoms. The largest absolute Gasteiger partial charge is 0.465 e. The number of ether oxygens (including phenoxy) is 1. The summed E-state index contributed by atoms with van der Waals surface area (Å²) in [6.07, 6.45) is 0. The van der Waals surface area contributed by atoms with Gasteiger partial charge >= 0.3 is 5.97 Å². The van der Waals surface area contributed by atoms with Crippen LogP contribution in [-0.4, -0.2) is 30.2 Å². The predicted molar refractivity (Wildman–Crippen MR) is 67.5 cm³/mol.